The van der Waals surface area contributed by atoms with E-state index < -0.39 is 0 Å². The van der Waals surface area contributed by atoms with E-state index in [4.69, 9.17) is 18.9 Å². The summed E-state index contributed by atoms with van der Waals surface area (Å²) in [5.41, 5.74) is 3.16. The molecule has 0 saturated heterocycles. The zero-order valence-electron chi connectivity index (χ0n) is 20.1. The molecule has 0 N–H and O–H groups in total. The molecule has 0 radical (unpaired) electrons. The van der Waals surface area contributed by atoms with Crippen LogP contribution in [0.2, 0.25) is 0 Å². The summed E-state index contributed by atoms with van der Waals surface area (Å²) in [4.78, 5) is 22.3. The molecule has 6 nitrogen and oxygen atoms in total. The van der Waals surface area contributed by atoms with Gasteiger partial charge in [0.1, 0.15) is 24.1 Å². The zero-order valence-corrected chi connectivity index (χ0v) is 20.1. The topological polar surface area (TPSA) is 71.1 Å². The number of aldehydes is 2. The summed E-state index contributed by atoms with van der Waals surface area (Å²) < 4.78 is 23.0. The van der Waals surface area contributed by atoms with Gasteiger partial charge < -0.3 is 18.9 Å². The van der Waals surface area contributed by atoms with Crippen LogP contribution in [0.4, 0.5) is 0 Å². The summed E-state index contributed by atoms with van der Waals surface area (Å²) in [5, 5.41) is 0. The lowest BCUT2D eigenvalue weighted by Gasteiger charge is -2.15. The van der Waals surface area contributed by atoms with Gasteiger partial charge in [-0.2, -0.15) is 0 Å². The molecule has 0 fully saturated rings. The second-order valence-electron chi connectivity index (χ2n) is 8.02. The molecule has 0 saturated carbocycles. The first-order chi connectivity index (χ1) is 17.6. The lowest BCUT2D eigenvalue weighted by atomic mass is 10.0. The van der Waals surface area contributed by atoms with Crippen LogP contribution >= 0.6 is 0 Å². The number of carbonyl (C=O) groups is 2. The van der Waals surface area contributed by atoms with Gasteiger partial charge in [-0.15, -0.1) is 0 Å². The summed E-state index contributed by atoms with van der Waals surface area (Å²) in [7, 11) is 3.16. The highest BCUT2D eigenvalue weighted by Crippen LogP contribution is 2.36. The van der Waals surface area contributed by atoms with Gasteiger partial charge in [0.2, 0.25) is 0 Å². The van der Waals surface area contributed by atoms with E-state index in [9.17, 15) is 9.59 Å². The molecule has 0 atom stereocenters. The van der Waals surface area contributed by atoms with Crippen molar-refractivity contribution in [3.63, 3.8) is 0 Å². The van der Waals surface area contributed by atoms with Gasteiger partial charge in [-0.1, -0.05) is 36.4 Å². The molecule has 0 aromatic heterocycles. The molecular formula is C30H26O6. The summed E-state index contributed by atoms with van der Waals surface area (Å²) in [6.07, 6.45) is 3.04. The van der Waals surface area contributed by atoms with Gasteiger partial charge >= 0.3 is 0 Å². The van der Waals surface area contributed by atoms with Crippen molar-refractivity contribution < 1.29 is 28.5 Å². The maximum absolute atomic E-state index is 11.1. The summed E-state index contributed by atoms with van der Waals surface area (Å²) >= 11 is 0. The van der Waals surface area contributed by atoms with Crippen LogP contribution in [0.1, 0.15) is 31.8 Å². The van der Waals surface area contributed by atoms with Crippen LogP contribution in [0.3, 0.4) is 0 Å². The highest BCUT2D eigenvalue weighted by Gasteiger charge is 2.13. The number of rotatable bonds is 11. The van der Waals surface area contributed by atoms with E-state index in [0.717, 1.165) is 36.5 Å². The molecule has 4 rings (SSSR count). The predicted molar refractivity (Wildman–Crippen MR) is 137 cm³/mol. The fraction of sp³-hybridized carbons (Fsp3) is 0.133. The van der Waals surface area contributed by atoms with E-state index >= 15 is 0 Å². The fourth-order valence-corrected chi connectivity index (χ4v) is 3.78. The Balaban J connectivity index is 1.48. The average molecular weight is 483 g/mol. The molecule has 4 aromatic rings. The lowest BCUT2D eigenvalue weighted by Crippen LogP contribution is -1.99. The van der Waals surface area contributed by atoms with Gasteiger partial charge in [0.05, 0.1) is 14.2 Å². The van der Waals surface area contributed by atoms with Crippen molar-refractivity contribution in [2.45, 2.75) is 12.8 Å². The molecule has 0 amide bonds. The van der Waals surface area contributed by atoms with Crippen molar-refractivity contribution >= 4 is 12.6 Å². The Bertz CT molecular complexity index is 1340. The van der Waals surface area contributed by atoms with Crippen LogP contribution in [-0.2, 0) is 12.8 Å². The standard InChI is InChI=1S/C30H26O6/c1-33-27-16-12-23(20-32)18-29(27)35-25-14-10-21(11-15-25)9-13-24-6-4-8-28(34-2)30(24)36-26-7-3-5-22(17-26)19-31/h3-8,10-12,14-20H,9,13H2,1-2H3. The monoisotopic (exact) mass is 482 g/mol. The van der Waals surface area contributed by atoms with Crippen molar-refractivity contribution in [2.75, 3.05) is 14.2 Å². The Morgan fingerprint density at radius 1 is 0.611 bits per heavy atom. The number of para-hydroxylation sites is 1. The lowest BCUT2D eigenvalue weighted by molar-refractivity contribution is 0.111. The van der Waals surface area contributed by atoms with Crippen LogP contribution < -0.4 is 18.9 Å². The SMILES string of the molecule is COc1ccc(C=O)cc1Oc1ccc(CCc2cccc(OC)c2Oc2cccc(C=O)c2)cc1. The average Bonchev–Trinajstić information content (AvgIpc) is 2.93. The van der Waals surface area contributed by atoms with Crippen LogP contribution in [0.5, 0.6) is 34.5 Å². The van der Waals surface area contributed by atoms with Crippen molar-refractivity contribution in [2.24, 2.45) is 0 Å². The third kappa shape index (κ3) is 5.91. The highest BCUT2D eigenvalue weighted by molar-refractivity contribution is 5.76. The van der Waals surface area contributed by atoms with Crippen LogP contribution in [0, 0.1) is 0 Å². The second-order valence-corrected chi connectivity index (χ2v) is 8.02. The van der Waals surface area contributed by atoms with Crippen molar-refractivity contribution in [1.82, 2.24) is 0 Å². The summed E-state index contributed by atoms with van der Waals surface area (Å²) in [5.74, 6) is 3.49. The molecule has 0 aliphatic heterocycles. The first-order valence-electron chi connectivity index (χ1n) is 11.4. The molecule has 6 heteroatoms. The Kier molecular flexibility index (Phi) is 7.98. The van der Waals surface area contributed by atoms with Gasteiger partial charge in [-0.25, -0.2) is 0 Å². The molecule has 0 aliphatic carbocycles. The maximum Gasteiger partial charge on any atom is 0.172 e. The number of carbonyl (C=O) groups excluding carboxylic acids is 2. The van der Waals surface area contributed by atoms with Crippen LogP contribution in [-0.4, -0.2) is 26.8 Å². The molecule has 0 aliphatic rings. The third-order valence-electron chi connectivity index (χ3n) is 5.65. The van der Waals surface area contributed by atoms with E-state index in [0.29, 0.717) is 45.6 Å². The first kappa shape index (κ1) is 24.5. The van der Waals surface area contributed by atoms with E-state index in [1.54, 1.807) is 50.6 Å². The first-order valence-corrected chi connectivity index (χ1v) is 11.4. The van der Waals surface area contributed by atoms with E-state index in [-0.39, 0.29) is 0 Å². The summed E-state index contributed by atoms with van der Waals surface area (Å²) in [6, 6.07) is 25.6. The molecule has 0 unspecified atom stereocenters. The molecular weight excluding hydrogens is 456 g/mol. The number of hydrogen-bond acceptors (Lipinski definition) is 6. The number of aryl methyl sites for hydroxylation is 2. The largest absolute Gasteiger partial charge is 0.493 e. The van der Waals surface area contributed by atoms with Crippen LogP contribution in [0.15, 0.2) is 84.9 Å². The second kappa shape index (κ2) is 11.7. The third-order valence-corrected chi connectivity index (χ3v) is 5.65. The van der Waals surface area contributed by atoms with Gasteiger partial charge in [0.15, 0.2) is 23.0 Å². The number of benzene rings is 4. The Hall–Kier alpha value is -4.58. The molecule has 0 bridgehead atoms. The number of ether oxygens (including phenoxy) is 4. The summed E-state index contributed by atoms with van der Waals surface area (Å²) in [6.45, 7) is 0. The van der Waals surface area contributed by atoms with Crippen molar-refractivity contribution in [1.29, 1.82) is 0 Å². The molecule has 182 valence electrons. The number of hydrogen-bond donors (Lipinski definition) is 0. The number of methoxy groups -OCH3 is 2. The van der Waals surface area contributed by atoms with E-state index in [1.165, 1.54) is 0 Å². The molecule has 0 heterocycles. The van der Waals surface area contributed by atoms with Gasteiger partial charge in [0, 0.05) is 11.1 Å². The molecule has 0 spiro atoms. The van der Waals surface area contributed by atoms with E-state index in [1.807, 2.05) is 48.5 Å². The fourth-order valence-electron chi connectivity index (χ4n) is 3.78. The van der Waals surface area contributed by atoms with Gasteiger partial charge in [0.25, 0.3) is 0 Å². The smallest absolute Gasteiger partial charge is 0.172 e. The van der Waals surface area contributed by atoms with E-state index in [2.05, 4.69) is 0 Å². The quantitative estimate of drug-likeness (QED) is 0.222. The minimum atomic E-state index is 0.478. The normalized spacial score (nSPS) is 10.4. The highest BCUT2D eigenvalue weighted by atomic mass is 16.5. The van der Waals surface area contributed by atoms with Crippen molar-refractivity contribution in [3.8, 4) is 34.5 Å². The maximum atomic E-state index is 11.1. The minimum absolute atomic E-state index is 0.478. The molecule has 36 heavy (non-hydrogen) atoms. The zero-order chi connectivity index (χ0) is 25.3. The Morgan fingerprint density at radius 3 is 2.06 bits per heavy atom. The predicted octanol–water partition coefficient (Wildman–Crippen LogP) is 6.70. The Morgan fingerprint density at radius 2 is 1.33 bits per heavy atom. The van der Waals surface area contributed by atoms with Gasteiger partial charge in [-0.05, 0) is 72.5 Å². The van der Waals surface area contributed by atoms with Crippen molar-refractivity contribution in [3.05, 3.63) is 107 Å². The van der Waals surface area contributed by atoms with Gasteiger partial charge in [-0.3, -0.25) is 9.59 Å². The Labute approximate surface area is 210 Å². The molecule has 4 aromatic carbocycles. The minimum Gasteiger partial charge on any atom is -0.493 e. The van der Waals surface area contributed by atoms with Crippen LogP contribution in [0.25, 0.3) is 0 Å².